The Morgan fingerprint density at radius 1 is 1.41 bits per heavy atom. The molecule has 0 amide bonds. The molecular formula is C13H22N2O2. The number of aryl methyl sites for hydroxylation is 2. The summed E-state index contributed by atoms with van der Waals surface area (Å²) in [5.41, 5.74) is 1.47. The first kappa shape index (κ1) is 12.6. The Labute approximate surface area is 103 Å². The lowest BCUT2D eigenvalue weighted by Crippen LogP contribution is -2.24. The molecule has 4 heteroatoms. The van der Waals surface area contributed by atoms with Crippen molar-refractivity contribution in [3.63, 3.8) is 0 Å². The first-order valence-corrected chi connectivity index (χ1v) is 6.28. The molecule has 96 valence electrons. The van der Waals surface area contributed by atoms with Crippen molar-refractivity contribution < 1.29 is 9.15 Å². The molecular weight excluding hydrogens is 216 g/mol. The van der Waals surface area contributed by atoms with Crippen molar-refractivity contribution in [1.82, 2.24) is 10.3 Å². The van der Waals surface area contributed by atoms with Gasteiger partial charge in [-0.05, 0) is 38.5 Å². The van der Waals surface area contributed by atoms with Crippen LogP contribution in [0.5, 0.6) is 0 Å². The summed E-state index contributed by atoms with van der Waals surface area (Å²) in [5.74, 6) is 1.71. The van der Waals surface area contributed by atoms with Gasteiger partial charge in [-0.25, -0.2) is 4.98 Å². The van der Waals surface area contributed by atoms with Gasteiger partial charge < -0.3 is 14.5 Å². The van der Waals surface area contributed by atoms with Crippen molar-refractivity contribution in [1.29, 1.82) is 0 Å². The van der Waals surface area contributed by atoms with Crippen LogP contribution in [0.2, 0.25) is 0 Å². The minimum atomic E-state index is 0.479. The molecule has 1 aliphatic carbocycles. The Kier molecular flexibility index (Phi) is 3.84. The molecule has 1 heterocycles. The summed E-state index contributed by atoms with van der Waals surface area (Å²) < 4.78 is 10.7. The van der Waals surface area contributed by atoms with Crippen molar-refractivity contribution in [3.05, 3.63) is 17.3 Å². The molecule has 0 spiro atoms. The average Bonchev–Trinajstić information content (AvgIpc) is 2.99. The van der Waals surface area contributed by atoms with Gasteiger partial charge in [0.25, 0.3) is 0 Å². The fourth-order valence-electron chi connectivity index (χ4n) is 2.06. The predicted molar refractivity (Wildman–Crippen MR) is 65.8 cm³/mol. The van der Waals surface area contributed by atoms with Crippen LogP contribution in [0.3, 0.4) is 0 Å². The number of hydrogen-bond donors (Lipinski definition) is 1. The lowest BCUT2D eigenvalue weighted by atomic mass is 10.0. The molecule has 1 saturated carbocycles. The van der Waals surface area contributed by atoms with Gasteiger partial charge in [-0.2, -0.15) is 0 Å². The Morgan fingerprint density at radius 2 is 2.18 bits per heavy atom. The third kappa shape index (κ3) is 3.30. The Balaban J connectivity index is 1.72. The summed E-state index contributed by atoms with van der Waals surface area (Å²) in [6.07, 6.45) is 3.78. The highest BCUT2D eigenvalue weighted by molar-refractivity contribution is 5.05. The lowest BCUT2D eigenvalue weighted by Gasteiger charge is -2.14. The van der Waals surface area contributed by atoms with E-state index in [0.717, 1.165) is 43.5 Å². The van der Waals surface area contributed by atoms with E-state index in [4.69, 9.17) is 9.15 Å². The Hall–Kier alpha value is -0.870. The molecule has 4 nitrogen and oxygen atoms in total. The first-order valence-electron chi connectivity index (χ1n) is 6.28. The molecule has 17 heavy (non-hydrogen) atoms. The van der Waals surface area contributed by atoms with Crippen molar-refractivity contribution in [2.45, 2.75) is 39.7 Å². The lowest BCUT2D eigenvalue weighted by molar-refractivity contribution is 0.171. The molecule has 0 saturated heterocycles. The number of aromatic nitrogens is 1. The second-order valence-electron chi connectivity index (χ2n) is 5.10. The number of ether oxygens (including phenoxy) is 1. The van der Waals surface area contributed by atoms with Gasteiger partial charge in [-0.15, -0.1) is 0 Å². The number of oxazole rings is 1. The van der Waals surface area contributed by atoms with Gasteiger partial charge in [-0.3, -0.25) is 0 Å². The minimum absolute atomic E-state index is 0.479. The maximum absolute atomic E-state index is 5.53. The molecule has 0 unspecified atom stereocenters. The number of nitrogens with zero attached hydrogens (tertiary/aromatic N) is 1. The van der Waals surface area contributed by atoms with Crippen LogP contribution >= 0.6 is 0 Å². The fraction of sp³-hybridized carbons (Fsp3) is 0.769. The number of nitrogens with one attached hydrogen (secondary N) is 1. The highest BCUT2D eigenvalue weighted by Gasteiger charge is 2.41. The molecule has 1 N–H and O–H groups in total. The normalized spacial score (nSPS) is 17.4. The molecule has 0 bridgehead atoms. The topological polar surface area (TPSA) is 47.3 Å². The highest BCUT2D eigenvalue weighted by Crippen LogP contribution is 2.48. The van der Waals surface area contributed by atoms with Gasteiger partial charge in [0.15, 0.2) is 0 Å². The summed E-state index contributed by atoms with van der Waals surface area (Å²) in [6.45, 7) is 6.55. The minimum Gasteiger partial charge on any atom is -0.444 e. The van der Waals surface area contributed by atoms with Gasteiger partial charge in [0.2, 0.25) is 5.89 Å². The number of rotatable bonds is 7. The second kappa shape index (κ2) is 5.19. The summed E-state index contributed by atoms with van der Waals surface area (Å²) in [4.78, 5) is 4.36. The second-order valence-corrected chi connectivity index (χ2v) is 5.10. The van der Waals surface area contributed by atoms with Gasteiger partial charge in [-0.1, -0.05) is 0 Å². The fourth-order valence-corrected chi connectivity index (χ4v) is 2.06. The van der Waals surface area contributed by atoms with Crippen molar-refractivity contribution in [2.75, 3.05) is 20.3 Å². The summed E-state index contributed by atoms with van der Waals surface area (Å²) >= 11 is 0. The monoisotopic (exact) mass is 238 g/mol. The summed E-state index contributed by atoms with van der Waals surface area (Å²) in [6, 6.07) is 0. The SMILES string of the molecule is COCCC1(CNCc2nc(C)c(C)o2)CC1. The zero-order valence-electron chi connectivity index (χ0n) is 11.0. The molecule has 1 aromatic rings. The maximum Gasteiger partial charge on any atom is 0.208 e. The van der Waals surface area contributed by atoms with Gasteiger partial charge in [0.1, 0.15) is 5.76 Å². The van der Waals surface area contributed by atoms with Crippen molar-refractivity contribution in [3.8, 4) is 0 Å². The van der Waals surface area contributed by atoms with E-state index in [-0.39, 0.29) is 0 Å². The predicted octanol–water partition coefficient (Wildman–Crippen LogP) is 2.20. The highest BCUT2D eigenvalue weighted by atomic mass is 16.5. The van der Waals surface area contributed by atoms with E-state index >= 15 is 0 Å². The molecule has 0 atom stereocenters. The Morgan fingerprint density at radius 3 is 2.71 bits per heavy atom. The van der Waals surface area contributed by atoms with Crippen LogP contribution in [-0.2, 0) is 11.3 Å². The average molecular weight is 238 g/mol. The van der Waals surface area contributed by atoms with E-state index in [1.54, 1.807) is 7.11 Å². The van der Waals surface area contributed by atoms with Crippen LogP contribution in [-0.4, -0.2) is 25.2 Å². The van der Waals surface area contributed by atoms with Crippen LogP contribution in [0, 0.1) is 19.3 Å². The van der Waals surface area contributed by atoms with E-state index in [0.29, 0.717) is 5.41 Å². The van der Waals surface area contributed by atoms with E-state index < -0.39 is 0 Å². The largest absolute Gasteiger partial charge is 0.444 e. The molecule has 2 rings (SSSR count). The number of methoxy groups -OCH3 is 1. The third-order valence-electron chi connectivity index (χ3n) is 3.64. The zero-order chi connectivity index (χ0) is 12.3. The van der Waals surface area contributed by atoms with Crippen LogP contribution < -0.4 is 5.32 Å². The first-order chi connectivity index (χ1) is 8.15. The number of hydrogen-bond acceptors (Lipinski definition) is 4. The van der Waals surface area contributed by atoms with Crippen LogP contribution in [0.15, 0.2) is 4.42 Å². The zero-order valence-corrected chi connectivity index (χ0v) is 11.0. The van der Waals surface area contributed by atoms with Crippen LogP contribution in [0.4, 0.5) is 0 Å². The van der Waals surface area contributed by atoms with E-state index in [9.17, 15) is 0 Å². The van der Waals surface area contributed by atoms with Gasteiger partial charge in [0, 0.05) is 20.3 Å². The molecule has 1 aliphatic rings. The smallest absolute Gasteiger partial charge is 0.208 e. The van der Waals surface area contributed by atoms with Gasteiger partial charge >= 0.3 is 0 Å². The van der Waals surface area contributed by atoms with Crippen LogP contribution in [0.25, 0.3) is 0 Å². The van der Waals surface area contributed by atoms with Crippen LogP contribution in [0.1, 0.15) is 36.6 Å². The molecule has 0 radical (unpaired) electrons. The van der Waals surface area contributed by atoms with Crippen molar-refractivity contribution in [2.24, 2.45) is 5.41 Å². The molecule has 1 fully saturated rings. The summed E-state index contributed by atoms with van der Waals surface area (Å²) in [7, 11) is 1.77. The standard InChI is InChI=1S/C13H22N2O2/c1-10-11(2)17-12(15-10)8-14-9-13(4-5-13)6-7-16-3/h14H,4-9H2,1-3H3. The van der Waals surface area contributed by atoms with E-state index in [1.165, 1.54) is 12.8 Å². The third-order valence-corrected chi connectivity index (χ3v) is 3.64. The Bertz CT molecular complexity index is 350. The molecule has 0 aliphatic heterocycles. The van der Waals surface area contributed by atoms with Gasteiger partial charge in [0.05, 0.1) is 12.2 Å². The van der Waals surface area contributed by atoms with E-state index in [1.807, 2.05) is 13.8 Å². The maximum atomic E-state index is 5.53. The van der Waals surface area contributed by atoms with E-state index in [2.05, 4.69) is 10.3 Å². The summed E-state index contributed by atoms with van der Waals surface area (Å²) in [5, 5.41) is 3.44. The molecule has 0 aromatic carbocycles. The van der Waals surface area contributed by atoms with Crippen molar-refractivity contribution >= 4 is 0 Å². The quantitative estimate of drug-likeness (QED) is 0.791. The molecule has 1 aromatic heterocycles.